The van der Waals surface area contributed by atoms with E-state index in [9.17, 15) is 58.2 Å². The van der Waals surface area contributed by atoms with Gasteiger partial charge in [0, 0.05) is 66.5 Å². The standard InChI is InChI=1S/C77H100N16O18S2/c1-41(2)63(91-61(96)29-30-62(97)98)74(107)85-55(18-12-32-81-76(80)109)67(100)83-50-25-20-45(21-26-50)38-111-77(110)90-57(35-46-19-24-47-13-6-7-14-48(47)33-46)70(103)88-59-39-112-113-40-60(73(106)93-65(43(5)94)66(79)99)89-75(108)64(42(3)4)92-68(101)54(17-10-11-31-78)84-71(104)58(36-49-37-82-53-16-9-8-15-52(49)53)87-69(102)56(86-72(59)105)34-44-22-27-51(95)28-23-44/h6-9,13-16,19-28,33,37,41-43,54-60,63-65,82,94-95H,10-12,17-18,29-32,34-36,38-40,78H2,1-5H3,(H2,79,99)(H,83,100)(H,84,104)(H,85,107)(H,86,105)(H,87,102)(H,88,103)(H,89,108)(H,90,110)(H,91,96)(H,92,101)(H,93,106)(H,97,98)(H3,80,81,109)/t43-,54+,55+,56+,57-,58-,59+,60+,63+,64+,65+/m1/s1. The lowest BCUT2D eigenvalue weighted by Crippen LogP contribution is -2.62. The molecule has 1 aliphatic heterocycles. The number of primary amides is 2. The minimum atomic E-state index is -1.65. The van der Waals surface area contributed by atoms with Crippen LogP contribution in [0.2, 0.25) is 0 Å². The number of carbonyl (C=O) groups excluding carboxylic acids is 13. The van der Waals surface area contributed by atoms with Crippen LogP contribution in [0.4, 0.5) is 15.3 Å². The molecule has 0 spiro atoms. The first-order valence-corrected chi connectivity index (χ1v) is 39.4. The van der Waals surface area contributed by atoms with Crippen molar-refractivity contribution in [1.29, 1.82) is 0 Å². The van der Waals surface area contributed by atoms with Crippen LogP contribution in [0.3, 0.4) is 0 Å². The molecule has 14 amide bonds. The normalized spacial score (nSPS) is 18.7. The number of H-pyrrole nitrogens is 1. The second kappa shape index (κ2) is 43.9. The monoisotopic (exact) mass is 1600 g/mol. The second-order valence-corrected chi connectivity index (χ2v) is 30.5. The third-order valence-electron chi connectivity index (χ3n) is 18.4. The molecule has 0 radical (unpaired) electrons. The number of phenolic OH excluding ortho intramolecular Hbond substituents is 1. The van der Waals surface area contributed by atoms with E-state index in [1.54, 1.807) is 64.2 Å². The summed E-state index contributed by atoms with van der Waals surface area (Å²) >= 11 is 0. The Bertz CT molecular complexity index is 4340. The number of anilines is 1. The summed E-state index contributed by atoms with van der Waals surface area (Å²) in [5.74, 6) is -12.9. The summed E-state index contributed by atoms with van der Waals surface area (Å²) in [7, 11) is 1.81. The maximum Gasteiger partial charge on any atom is 0.408 e. The van der Waals surface area contributed by atoms with E-state index in [1.807, 2.05) is 36.4 Å². The average molecular weight is 1600 g/mol. The summed E-state index contributed by atoms with van der Waals surface area (Å²) in [6.45, 7) is 7.58. The van der Waals surface area contributed by atoms with Crippen molar-refractivity contribution in [3.05, 3.63) is 144 Å². The van der Waals surface area contributed by atoms with Crippen molar-refractivity contribution in [2.75, 3.05) is 29.9 Å². The van der Waals surface area contributed by atoms with E-state index in [-0.39, 0.29) is 74.6 Å². The molecule has 6 aromatic rings. The number of carboxylic acids is 1. The molecule has 0 unspecified atom stereocenters. The molecule has 1 saturated heterocycles. The van der Waals surface area contributed by atoms with Crippen LogP contribution >= 0.6 is 21.6 Å². The van der Waals surface area contributed by atoms with Gasteiger partial charge in [-0.05, 0) is 121 Å². The Labute approximate surface area is 659 Å². The number of phenols is 1. The quantitative estimate of drug-likeness (QED) is 0.0206. The number of fused-ring (bicyclic) bond motifs is 2. The topological polar surface area (TPSA) is 547 Å². The number of carbonyl (C=O) groups is 14. The molecule has 1 fully saturated rings. The van der Waals surface area contributed by atoms with E-state index < -0.39 is 181 Å². The molecule has 2 heterocycles. The number of aliphatic carboxylic acids is 1. The van der Waals surface area contributed by atoms with Crippen molar-refractivity contribution < 1.29 is 87.2 Å². The number of hydrogen-bond donors (Lipinski definition) is 19. The van der Waals surface area contributed by atoms with Crippen LogP contribution in [-0.4, -0.2) is 194 Å². The molecule has 34 nitrogen and oxygen atoms in total. The molecule has 0 saturated carbocycles. The number of para-hydroxylation sites is 1. The van der Waals surface area contributed by atoms with Crippen LogP contribution in [0.25, 0.3) is 21.7 Å². The lowest BCUT2D eigenvalue weighted by atomic mass is 10.00. The smallest absolute Gasteiger partial charge is 0.408 e. The van der Waals surface area contributed by atoms with Crippen LogP contribution in [0.5, 0.6) is 5.75 Å². The van der Waals surface area contributed by atoms with Gasteiger partial charge in [0.05, 0.1) is 12.5 Å². The number of aliphatic hydroxyl groups excluding tert-OH is 1. The summed E-state index contributed by atoms with van der Waals surface area (Å²) in [4.78, 5) is 197. The fourth-order valence-corrected chi connectivity index (χ4v) is 14.4. The van der Waals surface area contributed by atoms with E-state index in [4.69, 9.17) is 27.0 Å². The van der Waals surface area contributed by atoms with Crippen LogP contribution in [-0.2, 0) is 88.1 Å². The van der Waals surface area contributed by atoms with E-state index in [0.29, 0.717) is 46.0 Å². The minimum Gasteiger partial charge on any atom is -0.508 e. The number of aliphatic hydroxyl groups is 1. The van der Waals surface area contributed by atoms with Crippen LogP contribution in [0.15, 0.2) is 121 Å². The number of aromatic amines is 1. The SMILES string of the molecule is CC(C)[C@H](NC(=O)CCC(=O)O)C(=O)N[C@@H](CCCNC(N)=O)C(=O)Nc1ccc(COC(=O)N[C@H](Cc2ccc3ccccc3c2)C(=O)N[C@H]2CSSC[C@@H](C(=O)N[C@H](C(N)=O)[C@@H](C)O)NC(=O)[C@H](C(C)C)NC(=O)[C@H](CCCCN)NC(=O)[C@@H](Cc3c[nH]c4ccccc34)NC(=O)[C@H](Cc3ccc(O)cc3)NC2=O)cc1. The number of ether oxygens (including phenoxy) is 1. The number of alkyl carbamates (subject to hydrolysis) is 1. The number of carboxylic acid groups (broad SMARTS) is 1. The number of unbranched alkanes of at least 4 members (excludes halogenated alkanes) is 1. The van der Waals surface area contributed by atoms with Gasteiger partial charge >= 0.3 is 18.1 Å². The molecule has 7 rings (SSSR count). The highest BCUT2D eigenvalue weighted by atomic mass is 33.1. The third-order valence-corrected chi connectivity index (χ3v) is 20.8. The Morgan fingerprint density at radius 3 is 1.91 bits per heavy atom. The largest absolute Gasteiger partial charge is 0.508 e. The lowest BCUT2D eigenvalue weighted by Gasteiger charge is -2.29. The van der Waals surface area contributed by atoms with E-state index in [2.05, 4.69) is 68.8 Å². The highest BCUT2D eigenvalue weighted by Crippen LogP contribution is 2.26. The second-order valence-electron chi connectivity index (χ2n) is 28.0. The van der Waals surface area contributed by atoms with Gasteiger partial charge in [0.25, 0.3) is 0 Å². The summed E-state index contributed by atoms with van der Waals surface area (Å²) in [5.41, 5.74) is 19.5. The number of urea groups is 1. The highest BCUT2D eigenvalue weighted by molar-refractivity contribution is 8.76. The molecular weight excluding hydrogens is 1500 g/mol. The van der Waals surface area contributed by atoms with Gasteiger partial charge in [-0.15, -0.1) is 0 Å². The molecule has 1 aromatic heterocycles. The van der Waals surface area contributed by atoms with Gasteiger partial charge in [-0.3, -0.25) is 57.5 Å². The molecule has 0 bridgehead atoms. The summed E-state index contributed by atoms with van der Waals surface area (Å²) in [6.07, 6.45) is -1.65. The van der Waals surface area contributed by atoms with E-state index in [1.165, 1.54) is 55.5 Å². The maximum absolute atomic E-state index is 15.4. The molecule has 5 aromatic carbocycles. The molecule has 113 heavy (non-hydrogen) atoms. The van der Waals surface area contributed by atoms with Gasteiger partial charge in [-0.2, -0.15) is 0 Å². The predicted molar refractivity (Wildman–Crippen MR) is 423 cm³/mol. The highest BCUT2D eigenvalue weighted by Gasteiger charge is 2.38. The number of benzene rings is 5. The van der Waals surface area contributed by atoms with Gasteiger partial charge in [0.1, 0.15) is 72.8 Å². The number of hydrogen-bond acceptors (Lipinski definition) is 20. The van der Waals surface area contributed by atoms with Gasteiger partial charge in [0.15, 0.2) is 0 Å². The van der Waals surface area contributed by atoms with Crippen LogP contribution < -0.4 is 81.0 Å². The Kier molecular flexibility index (Phi) is 34.5. The molecule has 0 aliphatic carbocycles. The summed E-state index contributed by atoms with van der Waals surface area (Å²) < 4.78 is 5.70. The third kappa shape index (κ3) is 28.3. The van der Waals surface area contributed by atoms with Gasteiger partial charge in [-0.1, -0.05) is 134 Å². The zero-order valence-electron chi connectivity index (χ0n) is 63.2. The zero-order chi connectivity index (χ0) is 82.4. The zero-order valence-corrected chi connectivity index (χ0v) is 64.8. The number of aromatic hydroxyl groups is 1. The minimum absolute atomic E-state index is 0.00154. The summed E-state index contributed by atoms with van der Waals surface area (Å²) in [6, 6.07) is 16.2. The fraction of sp³-hybridized carbons (Fsp3) is 0.429. The van der Waals surface area contributed by atoms with Crippen molar-refractivity contribution in [2.24, 2.45) is 29.0 Å². The van der Waals surface area contributed by atoms with Crippen LogP contribution in [0, 0.1) is 11.8 Å². The van der Waals surface area contributed by atoms with Gasteiger partial charge in [-0.25, -0.2) is 9.59 Å². The number of nitrogens with one attached hydrogen (secondary N) is 13. The predicted octanol–water partition coefficient (Wildman–Crippen LogP) is 1.67. The van der Waals surface area contributed by atoms with Crippen LogP contribution in [0.1, 0.15) is 102 Å². The van der Waals surface area contributed by atoms with Gasteiger partial charge < -0.3 is 106 Å². The summed E-state index contributed by atoms with van der Waals surface area (Å²) in [5, 5.41) is 64.1. The Hall–Kier alpha value is -11.5. The average Bonchev–Trinajstić information content (AvgIpc) is 1.81. The Morgan fingerprint density at radius 1 is 0.611 bits per heavy atom. The first-order valence-electron chi connectivity index (χ1n) is 36.9. The fourth-order valence-electron chi connectivity index (χ4n) is 12.1. The van der Waals surface area contributed by atoms with Crippen molar-refractivity contribution in [1.82, 2.24) is 63.5 Å². The van der Waals surface area contributed by atoms with Crippen molar-refractivity contribution in [2.45, 2.75) is 172 Å². The number of aromatic nitrogens is 1. The van der Waals surface area contributed by atoms with Gasteiger partial charge in [0.2, 0.25) is 65.0 Å². The van der Waals surface area contributed by atoms with Crippen molar-refractivity contribution in [3.63, 3.8) is 0 Å². The first kappa shape index (κ1) is 88.7. The molecular formula is C77H100N16O18S2. The Morgan fingerprint density at radius 2 is 1.25 bits per heavy atom. The number of rotatable bonds is 33. The number of amides is 14. The van der Waals surface area contributed by atoms with E-state index >= 15 is 19.2 Å². The first-order chi connectivity index (χ1) is 53.9. The maximum atomic E-state index is 15.4. The molecule has 36 heteroatoms. The van der Waals surface area contributed by atoms with Crippen molar-refractivity contribution >= 4 is 132 Å². The van der Waals surface area contributed by atoms with E-state index in [0.717, 1.165) is 32.4 Å². The molecule has 1 aliphatic rings. The molecule has 608 valence electrons. The molecule has 22 N–H and O–H groups in total. The van der Waals surface area contributed by atoms with Crippen molar-refractivity contribution in [3.8, 4) is 5.75 Å². The lowest BCUT2D eigenvalue weighted by molar-refractivity contribution is -0.139. The Balaban J connectivity index is 1.21. The number of nitrogens with two attached hydrogens (primary N) is 3. The molecule has 11 atom stereocenters.